The van der Waals surface area contributed by atoms with Gasteiger partial charge in [-0.1, -0.05) is 6.42 Å². The van der Waals surface area contributed by atoms with Crippen LogP contribution in [0.25, 0.3) is 0 Å². The minimum atomic E-state index is -0.00849. The molecule has 1 aliphatic heterocycles. The Hall–Kier alpha value is -1.08. The van der Waals surface area contributed by atoms with Gasteiger partial charge >= 0.3 is 0 Å². The van der Waals surface area contributed by atoms with E-state index in [1.165, 1.54) is 0 Å². The molecule has 1 rings (SSSR count). The van der Waals surface area contributed by atoms with Crippen molar-refractivity contribution in [1.82, 2.24) is 10.6 Å². The molecule has 0 bridgehead atoms. The highest BCUT2D eigenvalue weighted by Crippen LogP contribution is 2.06. The van der Waals surface area contributed by atoms with Crippen LogP contribution in [-0.2, 0) is 4.79 Å². The first-order chi connectivity index (χ1) is 6.84. The van der Waals surface area contributed by atoms with Crippen molar-refractivity contribution in [2.75, 3.05) is 13.1 Å². The van der Waals surface area contributed by atoms with Crippen molar-refractivity contribution < 1.29 is 4.79 Å². The van der Waals surface area contributed by atoms with Gasteiger partial charge in [-0.3, -0.25) is 4.79 Å². The third kappa shape index (κ3) is 3.75. The molecule has 0 spiro atoms. The number of carbonyl (C=O) groups excluding carboxylic acids is 1. The van der Waals surface area contributed by atoms with E-state index in [1.54, 1.807) is 0 Å². The van der Waals surface area contributed by atoms with Crippen molar-refractivity contribution in [2.45, 2.75) is 38.1 Å². The number of piperidine rings is 1. The summed E-state index contributed by atoms with van der Waals surface area (Å²) in [5.74, 6) is 0.0858. The van der Waals surface area contributed by atoms with Crippen LogP contribution >= 0.6 is 0 Å². The molecule has 0 aromatic rings. The number of hydrogen-bond acceptors (Lipinski definition) is 3. The second-order valence-electron chi connectivity index (χ2n) is 3.56. The summed E-state index contributed by atoms with van der Waals surface area (Å²) in [5, 5.41) is 14.3. The maximum atomic E-state index is 11.5. The van der Waals surface area contributed by atoms with Gasteiger partial charge in [0.15, 0.2) is 0 Å². The van der Waals surface area contributed by atoms with Crippen LogP contribution < -0.4 is 10.6 Å². The van der Waals surface area contributed by atoms with Crippen LogP contribution in [0.2, 0.25) is 0 Å². The monoisotopic (exact) mass is 195 g/mol. The Morgan fingerprint density at radius 1 is 1.57 bits per heavy atom. The Kier molecular flexibility index (Phi) is 5.02. The second-order valence-corrected chi connectivity index (χ2v) is 3.56. The molecular weight excluding hydrogens is 178 g/mol. The molecule has 1 heterocycles. The molecule has 1 saturated heterocycles. The maximum Gasteiger partial charge on any atom is 0.237 e. The fourth-order valence-electron chi connectivity index (χ4n) is 1.58. The summed E-state index contributed by atoms with van der Waals surface area (Å²) >= 11 is 0. The van der Waals surface area contributed by atoms with E-state index < -0.39 is 0 Å². The zero-order valence-electron chi connectivity index (χ0n) is 8.38. The molecule has 0 aliphatic carbocycles. The molecule has 1 fully saturated rings. The summed E-state index contributed by atoms with van der Waals surface area (Å²) < 4.78 is 0. The molecular formula is C10H17N3O. The highest BCUT2D eigenvalue weighted by Gasteiger charge is 2.19. The largest absolute Gasteiger partial charge is 0.355 e. The smallest absolute Gasteiger partial charge is 0.237 e. The SMILES string of the molecule is N#CCCCNC(=O)C1CCCCN1. The molecule has 78 valence electrons. The van der Waals surface area contributed by atoms with E-state index in [0.717, 1.165) is 32.2 Å². The molecule has 1 amide bonds. The molecule has 0 aromatic carbocycles. The summed E-state index contributed by atoms with van der Waals surface area (Å²) in [6.07, 6.45) is 4.49. The number of amides is 1. The standard InChI is InChI=1S/C10H17N3O/c11-6-2-4-8-13-10(14)9-5-1-3-7-12-9/h9,12H,1-5,7-8H2,(H,13,14). The Balaban J connectivity index is 2.11. The molecule has 1 aliphatic rings. The number of rotatable bonds is 4. The summed E-state index contributed by atoms with van der Waals surface area (Å²) in [5.41, 5.74) is 0. The number of nitrogens with zero attached hydrogens (tertiary/aromatic N) is 1. The lowest BCUT2D eigenvalue weighted by atomic mass is 10.0. The van der Waals surface area contributed by atoms with E-state index in [9.17, 15) is 4.79 Å². The van der Waals surface area contributed by atoms with Gasteiger partial charge in [0, 0.05) is 13.0 Å². The Bertz CT molecular complexity index is 216. The number of hydrogen-bond donors (Lipinski definition) is 2. The lowest BCUT2D eigenvalue weighted by Crippen LogP contribution is -2.46. The predicted molar refractivity (Wildman–Crippen MR) is 53.5 cm³/mol. The average Bonchev–Trinajstić information content (AvgIpc) is 2.25. The molecule has 0 aromatic heterocycles. The van der Waals surface area contributed by atoms with Gasteiger partial charge in [-0.05, 0) is 25.8 Å². The third-order valence-electron chi connectivity index (χ3n) is 2.39. The number of nitriles is 1. The van der Waals surface area contributed by atoms with Gasteiger partial charge in [0.2, 0.25) is 5.91 Å². The van der Waals surface area contributed by atoms with Crippen LogP contribution in [0.3, 0.4) is 0 Å². The molecule has 4 heteroatoms. The molecule has 2 N–H and O–H groups in total. The van der Waals surface area contributed by atoms with E-state index >= 15 is 0 Å². The Morgan fingerprint density at radius 2 is 2.43 bits per heavy atom. The van der Waals surface area contributed by atoms with Gasteiger partial charge in [-0.2, -0.15) is 5.26 Å². The quantitative estimate of drug-likeness (QED) is 0.644. The van der Waals surface area contributed by atoms with Crippen molar-refractivity contribution in [3.63, 3.8) is 0 Å². The summed E-state index contributed by atoms with van der Waals surface area (Å²) in [7, 11) is 0. The Labute approximate surface area is 84.7 Å². The number of carbonyl (C=O) groups is 1. The van der Waals surface area contributed by atoms with Crippen LogP contribution in [0.5, 0.6) is 0 Å². The normalized spacial score (nSPS) is 21.2. The topological polar surface area (TPSA) is 64.9 Å². The van der Waals surface area contributed by atoms with Crippen LogP contribution in [0.15, 0.2) is 0 Å². The summed E-state index contributed by atoms with van der Waals surface area (Å²) in [4.78, 5) is 11.5. The van der Waals surface area contributed by atoms with Crippen molar-refractivity contribution >= 4 is 5.91 Å². The van der Waals surface area contributed by atoms with Gasteiger partial charge < -0.3 is 10.6 Å². The first-order valence-corrected chi connectivity index (χ1v) is 5.22. The first-order valence-electron chi connectivity index (χ1n) is 5.22. The van der Waals surface area contributed by atoms with Crippen LogP contribution in [0, 0.1) is 11.3 Å². The van der Waals surface area contributed by atoms with Crippen molar-refractivity contribution in [2.24, 2.45) is 0 Å². The fourth-order valence-corrected chi connectivity index (χ4v) is 1.58. The van der Waals surface area contributed by atoms with E-state index in [1.807, 2.05) is 0 Å². The molecule has 14 heavy (non-hydrogen) atoms. The second kappa shape index (κ2) is 6.39. The van der Waals surface area contributed by atoms with Crippen molar-refractivity contribution in [3.05, 3.63) is 0 Å². The maximum absolute atomic E-state index is 11.5. The average molecular weight is 195 g/mol. The van der Waals surface area contributed by atoms with Crippen LogP contribution in [0.4, 0.5) is 0 Å². The van der Waals surface area contributed by atoms with E-state index in [0.29, 0.717) is 13.0 Å². The highest BCUT2D eigenvalue weighted by atomic mass is 16.2. The van der Waals surface area contributed by atoms with Crippen molar-refractivity contribution in [1.29, 1.82) is 5.26 Å². The van der Waals surface area contributed by atoms with E-state index in [2.05, 4.69) is 16.7 Å². The summed E-state index contributed by atoms with van der Waals surface area (Å²) in [6.45, 7) is 1.56. The summed E-state index contributed by atoms with van der Waals surface area (Å²) in [6, 6.07) is 2.05. The van der Waals surface area contributed by atoms with Crippen LogP contribution in [0.1, 0.15) is 32.1 Å². The van der Waals surface area contributed by atoms with Gasteiger partial charge in [0.25, 0.3) is 0 Å². The lowest BCUT2D eigenvalue weighted by molar-refractivity contribution is -0.123. The number of unbranched alkanes of at least 4 members (excludes halogenated alkanes) is 1. The first kappa shape index (κ1) is 11.0. The number of nitrogens with one attached hydrogen (secondary N) is 2. The molecule has 1 atom stereocenters. The van der Waals surface area contributed by atoms with E-state index in [-0.39, 0.29) is 11.9 Å². The zero-order chi connectivity index (χ0) is 10.2. The van der Waals surface area contributed by atoms with Crippen molar-refractivity contribution in [3.8, 4) is 6.07 Å². The molecule has 1 unspecified atom stereocenters. The van der Waals surface area contributed by atoms with Gasteiger partial charge in [-0.25, -0.2) is 0 Å². The lowest BCUT2D eigenvalue weighted by Gasteiger charge is -2.22. The van der Waals surface area contributed by atoms with Gasteiger partial charge in [-0.15, -0.1) is 0 Å². The predicted octanol–water partition coefficient (Wildman–Crippen LogP) is 0.548. The fraction of sp³-hybridized carbons (Fsp3) is 0.800. The molecule has 0 radical (unpaired) electrons. The minimum Gasteiger partial charge on any atom is -0.355 e. The van der Waals surface area contributed by atoms with E-state index in [4.69, 9.17) is 5.26 Å². The Morgan fingerprint density at radius 3 is 3.07 bits per heavy atom. The molecule has 4 nitrogen and oxygen atoms in total. The van der Waals surface area contributed by atoms with Crippen LogP contribution in [-0.4, -0.2) is 25.0 Å². The molecule has 0 saturated carbocycles. The van der Waals surface area contributed by atoms with Gasteiger partial charge in [0.05, 0.1) is 12.1 Å². The highest BCUT2D eigenvalue weighted by molar-refractivity contribution is 5.81. The minimum absolute atomic E-state index is 0.00849. The van der Waals surface area contributed by atoms with Gasteiger partial charge in [0.1, 0.15) is 0 Å². The zero-order valence-corrected chi connectivity index (χ0v) is 8.38. The third-order valence-corrected chi connectivity index (χ3v) is 2.39.